The van der Waals surface area contributed by atoms with Crippen LogP contribution in [0, 0.1) is 6.92 Å². The highest BCUT2D eigenvalue weighted by molar-refractivity contribution is 9.10. The third kappa shape index (κ3) is 6.45. The number of hydrogen-bond acceptors (Lipinski definition) is 4. The smallest absolute Gasteiger partial charge is 0.315 e. The van der Waals surface area contributed by atoms with Crippen molar-refractivity contribution in [2.45, 2.75) is 13.3 Å². The molecule has 0 aliphatic rings. The number of aryl methyl sites for hydroxylation is 1. The summed E-state index contributed by atoms with van der Waals surface area (Å²) in [4.78, 5) is 23.9. The number of amides is 3. The van der Waals surface area contributed by atoms with Crippen LogP contribution in [-0.4, -0.2) is 39.2 Å². The lowest BCUT2D eigenvalue weighted by Crippen LogP contribution is -2.40. The molecule has 0 heterocycles. The summed E-state index contributed by atoms with van der Waals surface area (Å²) in [6.07, 6.45) is 0.588. The molecule has 2 rings (SSSR count). The van der Waals surface area contributed by atoms with Gasteiger partial charge in [-0.25, -0.2) is 4.79 Å². The minimum atomic E-state index is -0.407. The average Bonchev–Trinajstić information content (AvgIpc) is 2.68. The van der Waals surface area contributed by atoms with Crippen molar-refractivity contribution in [2.24, 2.45) is 0 Å². The van der Waals surface area contributed by atoms with E-state index in [0.717, 1.165) is 15.6 Å². The highest BCUT2D eigenvalue weighted by Gasteiger charge is 2.09. The highest BCUT2D eigenvalue weighted by Crippen LogP contribution is 2.24. The Labute approximate surface area is 172 Å². The van der Waals surface area contributed by atoms with E-state index in [4.69, 9.17) is 9.47 Å². The number of benzene rings is 2. The fourth-order valence-electron chi connectivity index (χ4n) is 2.55. The highest BCUT2D eigenvalue weighted by atomic mass is 79.9. The molecule has 3 N–H and O–H groups in total. The quantitative estimate of drug-likeness (QED) is 0.576. The molecule has 28 heavy (non-hydrogen) atoms. The Balaban J connectivity index is 1.74. The molecule has 2 aromatic carbocycles. The lowest BCUT2D eigenvalue weighted by Gasteiger charge is -2.12. The van der Waals surface area contributed by atoms with E-state index in [1.54, 1.807) is 26.4 Å². The second kappa shape index (κ2) is 10.6. The Morgan fingerprint density at radius 3 is 2.50 bits per heavy atom. The molecular weight excluding hydrogens is 426 g/mol. The van der Waals surface area contributed by atoms with Crippen LogP contribution in [-0.2, 0) is 11.2 Å². The SMILES string of the molecule is COc1ccc(CCNC(=O)NCC(=O)Nc2ccc(Br)cc2C)c(OC)c1. The predicted molar refractivity (Wildman–Crippen MR) is 112 cm³/mol. The number of halogens is 1. The number of nitrogens with one attached hydrogen (secondary N) is 3. The number of ether oxygens (including phenoxy) is 2. The van der Waals surface area contributed by atoms with Gasteiger partial charge < -0.3 is 25.4 Å². The predicted octanol–water partition coefficient (Wildman–Crippen LogP) is 3.26. The Morgan fingerprint density at radius 1 is 1.04 bits per heavy atom. The molecule has 0 radical (unpaired) electrons. The van der Waals surface area contributed by atoms with Gasteiger partial charge in [0.25, 0.3) is 0 Å². The van der Waals surface area contributed by atoms with Crippen LogP contribution in [0.2, 0.25) is 0 Å². The molecule has 7 nitrogen and oxygen atoms in total. The van der Waals surface area contributed by atoms with Crippen LogP contribution in [0.25, 0.3) is 0 Å². The molecule has 0 saturated carbocycles. The molecule has 2 aromatic rings. The van der Waals surface area contributed by atoms with E-state index in [1.165, 1.54) is 0 Å². The minimum absolute atomic E-state index is 0.118. The van der Waals surface area contributed by atoms with Gasteiger partial charge in [-0.15, -0.1) is 0 Å². The van der Waals surface area contributed by atoms with Crippen molar-refractivity contribution in [2.75, 3.05) is 32.6 Å². The van der Waals surface area contributed by atoms with Crippen molar-refractivity contribution in [3.63, 3.8) is 0 Å². The second-order valence-electron chi connectivity index (χ2n) is 6.04. The zero-order valence-electron chi connectivity index (χ0n) is 16.1. The Bertz CT molecular complexity index is 842. The van der Waals surface area contributed by atoms with E-state index in [1.807, 2.05) is 31.2 Å². The average molecular weight is 450 g/mol. The number of anilines is 1. The third-order valence-electron chi connectivity index (χ3n) is 4.05. The van der Waals surface area contributed by atoms with Crippen LogP contribution < -0.4 is 25.4 Å². The van der Waals surface area contributed by atoms with Gasteiger partial charge in [0.15, 0.2) is 0 Å². The van der Waals surface area contributed by atoms with Crippen molar-refractivity contribution < 1.29 is 19.1 Å². The summed E-state index contributed by atoms with van der Waals surface area (Å²) in [5, 5.41) is 8.04. The third-order valence-corrected chi connectivity index (χ3v) is 4.54. The van der Waals surface area contributed by atoms with Gasteiger partial charge in [-0.05, 0) is 48.7 Å². The molecule has 0 spiro atoms. The maximum Gasteiger partial charge on any atom is 0.315 e. The maximum atomic E-state index is 12.0. The van der Waals surface area contributed by atoms with E-state index in [-0.39, 0.29) is 12.5 Å². The van der Waals surface area contributed by atoms with Gasteiger partial charge in [0.05, 0.1) is 20.8 Å². The number of rotatable bonds is 8. The molecule has 0 aromatic heterocycles. The van der Waals surface area contributed by atoms with Crippen molar-refractivity contribution in [3.8, 4) is 11.5 Å². The van der Waals surface area contributed by atoms with Gasteiger partial charge in [0, 0.05) is 22.8 Å². The van der Waals surface area contributed by atoms with Crippen LogP contribution in [0.15, 0.2) is 40.9 Å². The fraction of sp³-hybridized carbons (Fsp3) is 0.300. The van der Waals surface area contributed by atoms with E-state index < -0.39 is 6.03 Å². The lowest BCUT2D eigenvalue weighted by molar-refractivity contribution is -0.115. The van der Waals surface area contributed by atoms with Gasteiger partial charge in [-0.2, -0.15) is 0 Å². The van der Waals surface area contributed by atoms with Crippen molar-refractivity contribution in [1.29, 1.82) is 0 Å². The van der Waals surface area contributed by atoms with Crippen LogP contribution in [0.1, 0.15) is 11.1 Å². The molecule has 0 bridgehead atoms. The molecular formula is C20H24BrN3O4. The number of carbonyl (C=O) groups excluding carboxylic acids is 2. The first-order valence-corrected chi connectivity index (χ1v) is 9.51. The summed E-state index contributed by atoms with van der Waals surface area (Å²) in [6.45, 7) is 2.18. The van der Waals surface area contributed by atoms with Gasteiger partial charge >= 0.3 is 6.03 Å². The molecule has 150 valence electrons. The molecule has 0 aliphatic heterocycles. The van der Waals surface area contributed by atoms with Crippen molar-refractivity contribution in [3.05, 3.63) is 52.0 Å². The van der Waals surface area contributed by atoms with E-state index in [0.29, 0.717) is 30.2 Å². The second-order valence-corrected chi connectivity index (χ2v) is 6.96. The maximum absolute atomic E-state index is 12.0. The monoisotopic (exact) mass is 449 g/mol. The summed E-state index contributed by atoms with van der Waals surface area (Å²) >= 11 is 3.38. The molecule has 8 heteroatoms. The normalized spacial score (nSPS) is 10.1. The first-order valence-electron chi connectivity index (χ1n) is 8.71. The molecule has 0 aliphatic carbocycles. The summed E-state index contributed by atoms with van der Waals surface area (Å²) in [5.41, 5.74) is 2.59. The van der Waals surface area contributed by atoms with Crippen LogP contribution >= 0.6 is 15.9 Å². The van der Waals surface area contributed by atoms with Gasteiger partial charge in [0.1, 0.15) is 11.5 Å². The standard InChI is InChI=1S/C20H24BrN3O4/c1-13-10-15(21)5-7-17(13)24-19(25)12-23-20(26)22-9-8-14-4-6-16(27-2)11-18(14)28-3/h4-7,10-11H,8-9,12H2,1-3H3,(H,24,25)(H2,22,23,26). The number of hydrogen-bond donors (Lipinski definition) is 3. The van der Waals surface area contributed by atoms with Crippen LogP contribution in [0.4, 0.5) is 10.5 Å². The fourth-order valence-corrected chi connectivity index (χ4v) is 3.03. The Morgan fingerprint density at radius 2 is 1.82 bits per heavy atom. The van der Waals surface area contributed by atoms with E-state index in [2.05, 4.69) is 31.9 Å². The first kappa shape index (κ1) is 21.6. The molecule has 0 saturated heterocycles. The summed E-state index contributed by atoms with van der Waals surface area (Å²) in [5.74, 6) is 1.11. The van der Waals surface area contributed by atoms with Crippen LogP contribution in [0.5, 0.6) is 11.5 Å². The minimum Gasteiger partial charge on any atom is -0.497 e. The topological polar surface area (TPSA) is 88.7 Å². The molecule has 0 atom stereocenters. The Hall–Kier alpha value is -2.74. The molecule has 0 unspecified atom stereocenters. The van der Waals surface area contributed by atoms with Gasteiger partial charge in [-0.3, -0.25) is 4.79 Å². The Kier molecular flexibility index (Phi) is 8.13. The van der Waals surface area contributed by atoms with Gasteiger partial charge in [0.2, 0.25) is 5.91 Å². The van der Waals surface area contributed by atoms with E-state index in [9.17, 15) is 9.59 Å². The van der Waals surface area contributed by atoms with Crippen molar-refractivity contribution in [1.82, 2.24) is 10.6 Å². The van der Waals surface area contributed by atoms with Crippen molar-refractivity contribution >= 4 is 33.6 Å². The van der Waals surface area contributed by atoms with Crippen LogP contribution in [0.3, 0.4) is 0 Å². The number of carbonyl (C=O) groups is 2. The summed E-state index contributed by atoms with van der Waals surface area (Å²) in [7, 11) is 3.18. The summed E-state index contributed by atoms with van der Waals surface area (Å²) < 4.78 is 11.4. The first-order chi connectivity index (χ1) is 13.4. The number of urea groups is 1. The van der Waals surface area contributed by atoms with E-state index >= 15 is 0 Å². The van der Waals surface area contributed by atoms with Gasteiger partial charge in [-0.1, -0.05) is 22.0 Å². The summed E-state index contributed by atoms with van der Waals surface area (Å²) in [6, 6.07) is 10.7. The zero-order valence-corrected chi connectivity index (χ0v) is 17.7. The lowest BCUT2D eigenvalue weighted by atomic mass is 10.1. The molecule has 3 amide bonds. The largest absolute Gasteiger partial charge is 0.497 e. The number of methoxy groups -OCH3 is 2. The zero-order chi connectivity index (χ0) is 20.5. The molecule has 0 fully saturated rings.